The maximum absolute atomic E-state index is 11.6. The Hall–Kier alpha value is -1.14. The molecule has 0 unspecified atom stereocenters. The molecule has 6 heteroatoms. The minimum atomic E-state index is -0.610. The van der Waals surface area contributed by atoms with Crippen LogP contribution < -0.4 is 10.6 Å². The van der Waals surface area contributed by atoms with Crippen LogP contribution in [0.25, 0.3) is 0 Å². The Morgan fingerprint density at radius 3 is 2.50 bits per heavy atom. The number of rotatable bonds is 4. The van der Waals surface area contributed by atoms with Gasteiger partial charge in [-0.05, 0) is 18.8 Å². The maximum Gasteiger partial charge on any atom is 0.309 e. The van der Waals surface area contributed by atoms with Crippen molar-refractivity contribution in [2.75, 3.05) is 19.7 Å². The van der Waals surface area contributed by atoms with Gasteiger partial charge in [0.15, 0.2) is 5.79 Å². The molecule has 1 heterocycles. The first kappa shape index (κ1) is 15.3. The number of amides is 2. The standard InChI is InChI=1S/C14H24N2O4/c1-10(2)7-15-12(17)13(18)16-8-11-9-19-14(20-11)5-3-4-6-14/h10-11H,3-9H2,1-2H3,(H,15,17)(H,16,18)/t11-/m0/s1. The Morgan fingerprint density at radius 1 is 1.20 bits per heavy atom. The van der Waals surface area contributed by atoms with E-state index in [4.69, 9.17) is 9.47 Å². The largest absolute Gasteiger partial charge is 0.348 e. The molecule has 1 spiro atoms. The first-order valence-electron chi connectivity index (χ1n) is 7.38. The zero-order valence-corrected chi connectivity index (χ0v) is 12.2. The topological polar surface area (TPSA) is 76.7 Å². The molecule has 1 saturated heterocycles. The van der Waals surface area contributed by atoms with Gasteiger partial charge < -0.3 is 20.1 Å². The lowest BCUT2D eigenvalue weighted by molar-refractivity contribution is -0.161. The average Bonchev–Trinajstić information content (AvgIpc) is 3.04. The highest BCUT2D eigenvalue weighted by molar-refractivity contribution is 6.35. The molecule has 0 radical (unpaired) electrons. The molecule has 1 atom stereocenters. The summed E-state index contributed by atoms with van der Waals surface area (Å²) in [5, 5.41) is 5.18. The predicted molar refractivity (Wildman–Crippen MR) is 72.9 cm³/mol. The van der Waals surface area contributed by atoms with Crippen LogP contribution in [0.2, 0.25) is 0 Å². The van der Waals surface area contributed by atoms with Crippen molar-refractivity contribution in [2.24, 2.45) is 5.92 Å². The van der Waals surface area contributed by atoms with Crippen molar-refractivity contribution in [3.8, 4) is 0 Å². The van der Waals surface area contributed by atoms with E-state index >= 15 is 0 Å². The van der Waals surface area contributed by atoms with Crippen LogP contribution in [0.4, 0.5) is 0 Å². The minimum absolute atomic E-state index is 0.157. The summed E-state index contributed by atoms with van der Waals surface area (Å²) < 4.78 is 11.6. The van der Waals surface area contributed by atoms with Gasteiger partial charge in [-0.25, -0.2) is 0 Å². The number of carbonyl (C=O) groups excluding carboxylic acids is 2. The Labute approximate surface area is 119 Å². The SMILES string of the molecule is CC(C)CNC(=O)C(=O)NC[C@H]1COC2(CCCC2)O1. The molecule has 0 bridgehead atoms. The van der Waals surface area contributed by atoms with Gasteiger partial charge in [-0.1, -0.05) is 13.8 Å². The number of hydrogen-bond donors (Lipinski definition) is 2. The van der Waals surface area contributed by atoms with E-state index in [0.29, 0.717) is 25.6 Å². The Morgan fingerprint density at radius 2 is 1.85 bits per heavy atom. The summed E-state index contributed by atoms with van der Waals surface area (Å²) in [4.78, 5) is 23.1. The van der Waals surface area contributed by atoms with Crippen molar-refractivity contribution in [3.63, 3.8) is 0 Å². The molecule has 20 heavy (non-hydrogen) atoms. The van der Waals surface area contributed by atoms with E-state index in [0.717, 1.165) is 25.7 Å². The van der Waals surface area contributed by atoms with Gasteiger partial charge in [0.2, 0.25) is 0 Å². The molecule has 1 aliphatic heterocycles. The normalized spacial score (nSPS) is 24.2. The third-order valence-corrected chi connectivity index (χ3v) is 3.65. The Bertz CT molecular complexity index is 364. The maximum atomic E-state index is 11.6. The van der Waals surface area contributed by atoms with Gasteiger partial charge in [-0.15, -0.1) is 0 Å². The van der Waals surface area contributed by atoms with Gasteiger partial charge in [0.05, 0.1) is 6.61 Å². The van der Waals surface area contributed by atoms with Crippen LogP contribution in [0, 0.1) is 5.92 Å². The summed E-state index contributed by atoms with van der Waals surface area (Å²) in [5.41, 5.74) is 0. The van der Waals surface area contributed by atoms with Crippen LogP contribution in [-0.4, -0.2) is 43.4 Å². The highest BCUT2D eigenvalue weighted by Gasteiger charge is 2.43. The Balaban J connectivity index is 1.67. The van der Waals surface area contributed by atoms with Gasteiger partial charge in [0.25, 0.3) is 0 Å². The molecule has 114 valence electrons. The molecule has 1 aliphatic carbocycles. The van der Waals surface area contributed by atoms with Gasteiger partial charge in [-0.2, -0.15) is 0 Å². The number of carbonyl (C=O) groups is 2. The van der Waals surface area contributed by atoms with Gasteiger partial charge in [-0.3, -0.25) is 9.59 Å². The van der Waals surface area contributed by atoms with Crippen LogP contribution in [0.5, 0.6) is 0 Å². The fourth-order valence-electron chi connectivity index (χ4n) is 2.56. The molecule has 0 aromatic heterocycles. The van der Waals surface area contributed by atoms with E-state index in [-0.39, 0.29) is 6.10 Å². The van der Waals surface area contributed by atoms with Crippen molar-refractivity contribution >= 4 is 11.8 Å². The third kappa shape index (κ3) is 3.93. The molecule has 2 amide bonds. The molecule has 0 aromatic rings. The van der Waals surface area contributed by atoms with E-state index in [1.165, 1.54) is 0 Å². The first-order valence-corrected chi connectivity index (χ1v) is 7.38. The zero-order chi connectivity index (χ0) is 14.6. The molecule has 6 nitrogen and oxygen atoms in total. The molecular formula is C14H24N2O4. The van der Waals surface area contributed by atoms with Crippen molar-refractivity contribution in [3.05, 3.63) is 0 Å². The fraction of sp³-hybridized carbons (Fsp3) is 0.857. The van der Waals surface area contributed by atoms with Gasteiger partial charge >= 0.3 is 11.8 Å². The smallest absolute Gasteiger partial charge is 0.309 e. The van der Waals surface area contributed by atoms with Crippen LogP contribution >= 0.6 is 0 Å². The van der Waals surface area contributed by atoms with E-state index in [1.807, 2.05) is 13.8 Å². The van der Waals surface area contributed by atoms with Crippen LogP contribution in [0.15, 0.2) is 0 Å². The van der Waals surface area contributed by atoms with Crippen molar-refractivity contribution in [1.82, 2.24) is 10.6 Å². The van der Waals surface area contributed by atoms with E-state index in [9.17, 15) is 9.59 Å². The van der Waals surface area contributed by atoms with E-state index in [1.54, 1.807) is 0 Å². The third-order valence-electron chi connectivity index (χ3n) is 3.65. The second-order valence-corrected chi connectivity index (χ2v) is 5.98. The number of nitrogens with one attached hydrogen (secondary N) is 2. The lowest BCUT2D eigenvalue weighted by atomic mass is 10.2. The zero-order valence-electron chi connectivity index (χ0n) is 12.2. The Kier molecular flexibility index (Phi) is 4.99. The molecule has 2 rings (SSSR count). The summed E-state index contributed by atoms with van der Waals surface area (Å²) in [6, 6.07) is 0. The molecule has 2 N–H and O–H groups in total. The number of hydrogen-bond acceptors (Lipinski definition) is 4. The van der Waals surface area contributed by atoms with Crippen LogP contribution in [0.1, 0.15) is 39.5 Å². The highest BCUT2D eigenvalue weighted by Crippen LogP contribution is 2.38. The average molecular weight is 284 g/mol. The summed E-state index contributed by atoms with van der Waals surface area (Å²) in [7, 11) is 0. The molecule has 2 aliphatic rings. The molecule has 2 fully saturated rings. The quantitative estimate of drug-likeness (QED) is 0.740. The van der Waals surface area contributed by atoms with Crippen LogP contribution in [0.3, 0.4) is 0 Å². The van der Waals surface area contributed by atoms with E-state index in [2.05, 4.69) is 10.6 Å². The van der Waals surface area contributed by atoms with Crippen molar-refractivity contribution in [2.45, 2.75) is 51.4 Å². The summed E-state index contributed by atoms with van der Waals surface area (Å²) >= 11 is 0. The lowest BCUT2D eigenvalue weighted by Gasteiger charge is -2.21. The lowest BCUT2D eigenvalue weighted by Crippen LogP contribution is -2.44. The second kappa shape index (κ2) is 6.54. The summed E-state index contributed by atoms with van der Waals surface area (Å²) in [6.07, 6.45) is 3.93. The monoisotopic (exact) mass is 284 g/mol. The first-order chi connectivity index (χ1) is 9.51. The van der Waals surface area contributed by atoms with Crippen LogP contribution in [-0.2, 0) is 19.1 Å². The number of ether oxygens (including phenoxy) is 2. The molecule has 0 aromatic carbocycles. The predicted octanol–water partition coefficient (Wildman–Crippen LogP) is 0.561. The molecular weight excluding hydrogens is 260 g/mol. The highest BCUT2D eigenvalue weighted by atomic mass is 16.7. The summed E-state index contributed by atoms with van der Waals surface area (Å²) in [5.74, 6) is -1.30. The van der Waals surface area contributed by atoms with E-state index < -0.39 is 17.6 Å². The van der Waals surface area contributed by atoms with Gasteiger partial charge in [0, 0.05) is 25.9 Å². The molecule has 1 saturated carbocycles. The second-order valence-electron chi connectivity index (χ2n) is 5.98. The van der Waals surface area contributed by atoms with Crippen molar-refractivity contribution in [1.29, 1.82) is 0 Å². The minimum Gasteiger partial charge on any atom is -0.348 e. The summed E-state index contributed by atoms with van der Waals surface area (Å²) in [6.45, 7) is 5.24. The van der Waals surface area contributed by atoms with Crippen molar-refractivity contribution < 1.29 is 19.1 Å². The fourth-order valence-corrected chi connectivity index (χ4v) is 2.56. The van der Waals surface area contributed by atoms with Gasteiger partial charge in [0.1, 0.15) is 6.10 Å².